The van der Waals surface area contributed by atoms with Gasteiger partial charge in [-0.1, -0.05) is 26.0 Å². The lowest BCUT2D eigenvalue weighted by molar-refractivity contribution is -0.147. The number of rotatable bonds is 12. The average Bonchev–Trinajstić information content (AvgIpc) is 2.86. The van der Waals surface area contributed by atoms with Gasteiger partial charge in [0.05, 0.1) is 12.5 Å². The Hall–Kier alpha value is -3.96. The molecule has 208 valence electrons. The van der Waals surface area contributed by atoms with Crippen LogP contribution in [0.3, 0.4) is 0 Å². The van der Waals surface area contributed by atoms with Gasteiger partial charge in [0, 0.05) is 19.9 Å². The molecular formula is C26H36N4O8. The molecule has 1 aliphatic rings. The normalized spacial score (nSPS) is 17.6. The molecule has 1 aliphatic heterocycles. The van der Waals surface area contributed by atoms with Crippen molar-refractivity contribution in [1.82, 2.24) is 20.9 Å². The van der Waals surface area contributed by atoms with Crippen LogP contribution in [-0.4, -0.2) is 81.7 Å². The monoisotopic (exact) mass is 532 g/mol. The number of phenolic OH excluding ortho intramolecular Hbond substituents is 1. The molecule has 1 aromatic rings. The van der Waals surface area contributed by atoms with Gasteiger partial charge in [0.2, 0.25) is 23.6 Å². The molecule has 1 fully saturated rings. The second-order valence-electron chi connectivity index (χ2n) is 9.75. The second kappa shape index (κ2) is 14.1. The van der Waals surface area contributed by atoms with E-state index in [2.05, 4.69) is 16.0 Å². The van der Waals surface area contributed by atoms with Crippen LogP contribution in [0.25, 0.3) is 0 Å². The van der Waals surface area contributed by atoms with Crippen LogP contribution in [0.2, 0.25) is 0 Å². The highest BCUT2D eigenvalue weighted by molar-refractivity contribution is 5.95. The number of carboxylic acid groups (broad SMARTS) is 1. The number of nitrogens with zero attached hydrogens (tertiary/aromatic N) is 1. The molecule has 4 unspecified atom stereocenters. The standard InChI is InChI=1S/C26H36N4O8/c1-15(2)23(29-24(36)20(27-16(3)32)12-17-7-9-19(33)10-8-17)26(38)30-11-5-4-6-21(30)25(37)28-18(14-31)13-22(34)35/h7-10,14-15,18,20-21,23,33H,4-6,11-13H2,1-3H3,(H,27,32)(H,28,37)(H,29,36)(H,34,35). The smallest absolute Gasteiger partial charge is 0.305 e. The number of aldehydes is 1. The van der Waals surface area contributed by atoms with Gasteiger partial charge in [-0.3, -0.25) is 24.0 Å². The predicted molar refractivity (Wildman–Crippen MR) is 136 cm³/mol. The quantitative estimate of drug-likeness (QED) is 0.235. The summed E-state index contributed by atoms with van der Waals surface area (Å²) < 4.78 is 0. The van der Waals surface area contributed by atoms with Crippen molar-refractivity contribution < 1.29 is 39.0 Å². The molecule has 5 N–H and O–H groups in total. The number of likely N-dealkylation sites (tertiary alicyclic amines) is 1. The molecule has 0 spiro atoms. The number of aromatic hydroxyl groups is 1. The van der Waals surface area contributed by atoms with Gasteiger partial charge < -0.3 is 35.9 Å². The highest BCUT2D eigenvalue weighted by Crippen LogP contribution is 2.21. The third kappa shape index (κ3) is 8.86. The van der Waals surface area contributed by atoms with E-state index in [4.69, 9.17) is 5.11 Å². The minimum Gasteiger partial charge on any atom is -0.508 e. The van der Waals surface area contributed by atoms with E-state index in [1.165, 1.54) is 24.0 Å². The van der Waals surface area contributed by atoms with Gasteiger partial charge in [-0.05, 0) is 42.9 Å². The van der Waals surface area contributed by atoms with Gasteiger partial charge >= 0.3 is 5.97 Å². The molecule has 2 rings (SSSR count). The molecule has 12 nitrogen and oxygen atoms in total. The van der Waals surface area contributed by atoms with Crippen molar-refractivity contribution in [3.63, 3.8) is 0 Å². The van der Waals surface area contributed by atoms with Crippen molar-refractivity contribution >= 4 is 35.9 Å². The number of phenols is 1. The predicted octanol–water partition coefficient (Wildman–Crippen LogP) is 0.120. The van der Waals surface area contributed by atoms with Crippen molar-refractivity contribution in [1.29, 1.82) is 0 Å². The number of amides is 4. The van der Waals surface area contributed by atoms with E-state index in [0.29, 0.717) is 31.1 Å². The van der Waals surface area contributed by atoms with Gasteiger partial charge in [0.25, 0.3) is 0 Å². The number of piperidine rings is 1. The fraction of sp³-hybridized carbons (Fsp3) is 0.538. The molecule has 1 aromatic carbocycles. The third-order valence-electron chi connectivity index (χ3n) is 6.28. The Morgan fingerprint density at radius 2 is 1.71 bits per heavy atom. The van der Waals surface area contributed by atoms with Crippen LogP contribution < -0.4 is 16.0 Å². The largest absolute Gasteiger partial charge is 0.508 e. The average molecular weight is 533 g/mol. The van der Waals surface area contributed by atoms with Gasteiger partial charge in [-0.15, -0.1) is 0 Å². The molecule has 0 saturated carbocycles. The van der Waals surface area contributed by atoms with E-state index in [1.54, 1.807) is 26.0 Å². The Bertz CT molecular complexity index is 1030. The first-order valence-electron chi connectivity index (χ1n) is 12.6. The molecule has 1 heterocycles. The van der Waals surface area contributed by atoms with Crippen LogP contribution in [0.1, 0.15) is 52.0 Å². The second-order valence-corrected chi connectivity index (χ2v) is 9.75. The Balaban J connectivity index is 2.20. The van der Waals surface area contributed by atoms with Crippen LogP contribution in [0.5, 0.6) is 5.75 Å². The van der Waals surface area contributed by atoms with E-state index in [-0.39, 0.29) is 24.6 Å². The fourth-order valence-corrected chi connectivity index (χ4v) is 4.34. The molecule has 4 amide bonds. The zero-order chi connectivity index (χ0) is 28.4. The lowest BCUT2D eigenvalue weighted by Gasteiger charge is -2.38. The summed E-state index contributed by atoms with van der Waals surface area (Å²) in [5.74, 6) is -3.69. The van der Waals surface area contributed by atoms with Gasteiger partial charge in [0.1, 0.15) is 30.2 Å². The van der Waals surface area contributed by atoms with Crippen LogP contribution in [0.15, 0.2) is 24.3 Å². The number of aliphatic carboxylic acids is 1. The molecule has 0 aromatic heterocycles. The summed E-state index contributed by atoms with van der Waals surface area (Å²) in [4.78, 5) is 75.1. The minimum absolute atomic E-state index is 0.0577. The summed E-state index contributed by atoms with van der Waals surface area (Å²) in [6.45, 7) is 5.01. The van der Waals surface area contributed by atoms with Crippen LogP contribution in [0, 0.1) is 5.92 Å². The Morgan fingerprint density at radius 3 is 2.26 bits per heavy atom. The molecule has 38 heavy (non-hydrogen) atoms. The minimum atomic E-state index is -1.25. The fourth-order valence-electron chi connectivity index (χ4n) is 4.34. The molecule has 1 saturated heterocycles. The van der Waals surface area contributed by atoms with Gasteiger partial charge in [-0.2, -0.15) is 0 Å². The SMILES string of the molecule is CC(=O)NC(Cc1ccc(O)cc1)C(=O)NC(C(=O)N1CCCCC1C(=O)NC(C=O)CC(=O)O)C(C)C. The maximum Gasteiger partial charge on any atom is 0.305 e. The summed E-state index contributed by atoms with van der Waals surface area (Å²) in [6, 6.07) is 2.03. The number of nitrogens with one attached hydrogen (secondary N) is 3. The lowest BCUT2D eigenvalue weighted by atomic mass is 9.96. The van der Waals surface area contributed by atoms with Crippen molar-refractivity contribution in [2.45, 2.75) is 77.0 Å². The first kappa shape index (κ1) is 30.3. The maximum absolute atomic E-state index is 13.6. The van der Waals surface area contributed by atoms with Crippen molar-refractivity contribution in [2.24, 2.45) is 5.92 Å². The van der Waals surface area contributed by atoms with Crippen LogP contribution in [0.4, 0.5) is 0 Å². The highest BCUT2D eigenvalue weighted by Gasteiger charge is 2.38. The lowest BCUT2D eigenvalue weighted by Crippen LogP contribution is -2.61. The number of carbonyl (C=O) groups is 6. The first-order valence-corrected chi connectivity index (χ1v) is 12.6. The molecule has 0 bridgehead atoms. The van der Waals surface area contributed by atoms with E-state index in [9.17, 15) is 33.9 Å². The number of hydrogen-bond acceptors (Lipinski definition) is 7. The summed E-state index contributed by atoms with van der Waals surface area (Å²) in [5.41, 5.74) is 0.683. The summed E-state index contributed by atoms with van der Waals surface area (Å²) in [6.07, 6.45) is 1.50. The van der Waals surface area contributed by atoms with Crippen molar-refractivity contribution in [3.05, 3.63) is 29.8 Å². The Labute approximate surface area is 221 Å². The number of hydrogen-bond donors (Lipinski definition) is 5. The molecule has 12 heteroatoms. The number of carbonyl (C=O) groups excluding carboxylic acids is 5. The van der Waals surface area contributed by atoms with Gasteiger partial charge in [0.15, 0.2) is 0 Å². The van der Waals surface area contributed by atoms with E-state index in [1.807, 2.05) is 0 Å². The molecule has 0 radical (unpaired) electrons. The van der Waals surface area contributed by atoms with Crippen molar-refractivity contribution in [2.75, 3.05) is 6.54 Å². The Kier molecular flexibility index (Phi) is 11.2. The zero-order valence-corrected chi connectivity index (χ0v) is 21.8. The van der Waals surface area contributed by atoms with E-state index < -0.39 is 60.2 Å². The number of carboxylic acids is 1. The summed E-state index contributed by atoms with van der Waals surface area (Å²) >= 11 is 0. The molecule has 0 aliphatic carbocycles. The zero-order valence-electron chi connectivity index (χ0n) is 21.8. The third-order valence-corrected chi connectivity index (χ3v) is 6.28. The van der Waals surface area contributed by atoms with Crippen molar-refractivity contribution in [3.8, 4) is 5.75 Å². The first-order chi connectivity index (χ1) is 17.9. The van der Waals surface area contributed by atoms with Crippen LogP contribution in [-0.2, 0) is 35.2 Å². The summed E-state index contributed by atoms with van der Waals surface area (Å²) in [7, 11) is 0. The van der Waals surface area contributed by atoms with E-state index >= 15 is 0 Å². The van der Waals surface area contributed by atoms with Gasteiger partial charge in [-0.25, -0.2) is 0 Å². The molecule has 4 atom stereocenters. The van der Waals surface area contributed by atoms with Crippen LogP contribution >= 0.6 is 0 Å². The number of benzene rings is 1. The van der Waals surface area contributed by atoms with E-state index in [0.717, 1.165) is 0 Å². The Morgan fingerprint density at radius 1 is 1.05 bits per heavy atom. The highest BCUT2D eigenvalue weighted by atomic mass is 16.4. The topological polar surface area (TPSA) is 182 Å². The maximum atomic E-state index is 13.6. The summed E-state index contributed by atoms with van der Waals surface area (Å²) in [5, 5.41) is 26.2. The molecular weight excluding hydrogens is 496 g/mol.